The predicted octanol–water partition coefficient (Wildman–Crippen LogP) is 3.66. The van der Waals surface area contributed by atoms with E-state index >= 15 is 0 Å². The Hall–Kier alpha value is -2.77. The van der Waals surface area contributed by atoms with Gasteiger partial charge in [0.25, 0.3) is 5.91 Å². The number of carbonyl (C=O) groups excluding carboxylic acids is 1. The average Bonchev–Trinajstić information content (AvgIpc) is 2.52. The van der Waals surface area contributed by atoms with E-state index in [-0.39, 0.29) is 23.4 Å². The van der Waals surface area contributed by atoms with Crippen LogP contribution in [0.2, 0.25) is 0 Å². The molecule has 128 valence electrons. The van der Waals surface area contributed by atoms with Crippen molar-refractivity contribution in [3.63, 3.8) is 0 Å². The lowest BCUT2D eigenvalue weighted by atomic mass is 10.1. The monoisotopic (exact) mass is 343 g/mol. The highest BCUT2D eigenvalue weighted by Crippen LogP contribution is 2.26. The van der Waals surface area contributed by atoms with Gasteiger partial charge >= 0.3 is 6.36 Å². The number of alkyl halides is 3. The first-order valence-corrected chi connectivity index (χ1v) is 6.75. The van der Waals surface area contributed by atoms with Crippen LogP contribution >= 0.6 is 0 Å². The fraction of sp³-hybridized carbons (Fsp3) is 0.188. The molecule has 0 unspecified atom stereocenters. The molecule has 24 heavy (non-hydrogen) atoms. The average molecular weight is 343 g/mol. The van der Waals surface area contributed by atoms with Crippen LogP contribution in [0.1, 0.15) is 15.9 Å². The van der Waals surface area contributed by atoms with Gasteiger partial charge in [-0.25, -0.2) is 4.39 Å². The molecule has 0 fully saturated rings. The number of ether oxygens (including phenoxy) is 2. The summed E-state index contributed by atoms with van der Waals surface area (Å²) in [7, 11) is 1.32. The number of rotatable bonds is 5. The summed E-state index contributed by atoms with van der Waals surface area (Å²) in [5, 5.41) is 2.41. The van der Waals surface area contributed by atoms with Crippen molar-refractivity contribution >= 4 is 5.91 Å². The Morgan fingerprint density at radius 2 is 1.83 bits per heavy atom. The summed E-state index contributed by atoms with van der Waals surface area (Å²) in [5.41, 5.74) is 0.0604. The molecule has 0 saturated carbocycles. The van der Waals surface area contributed by atoms with Gasteiger partial charge in [-0.15, -0.1) is 13.2 Å². The van der Waals surface area contributed by atoms with Crippen molar-refractivity contribution in [3.8, 4) is 11.5 Å². The Balaban J connectivity index is 2.14. The maximum absolute atomic E-state index is 13.3. The summed E-state index contributed by atoms with van der Waals surface area (Å²) >= 11 is 0. The van der Waals surface area contributed by atoms with Crippen LogP contribution in [0.15, 0.2) is 42.5 Å². The highest BCUT2D eigenvalue weighted by molar-refractivity contribution is 5.96. The maximum atomic E-state index is 13.3. The van der Waals surface area contributed by atoms with E-state index in [4.69, 9.17) is 4.74 Å². The molecule has 1 N–H and O–H groups in total. The van der Waals surface area contributed by atoms with Crippen molar-refractivity contribution in [3.05, 3.63) is 59.4 Å². The Bertz CT molecular complexity index is 732. The number of amides is 1. The van der Waals surface area contributed by atoms with Crippen LogP contribution in [-0.4, -0.2) is 19.4 Å². The number of hydrogen-bond donors (Lipinski definition) is 1. The number of para-hydroxylation sites is 1. The summed E-state index contributed by atoms with van der Waals surface area (Å²) < 4.78 is 59.2. The van der Waals surface area contributed by atoms with E-state index in [0.717, 1.165) is 18.2 Å². The molecular formula is C16H13F4NO3. The maximum Gasteiger partial charge on any atom is 0.573 e. The van der Waals surface area contributed by atoms with Gasteiger partial charge in [-0.1, -0.05) is 18.2 Å². The standard InChI is InChI=1S/C16H13F4NO3/c1-23-14-7-6-11(17)8-12(14)15(22)21-9-10-4-2-3-5-13(10)24-16(18,19)20/h2-8H,9H2,1H3,(H,21,22). The van der Waals surface area contributed by atoms with E-state index in [1.807, 2.05) is 0 Å². The van der Waals surface area contributed by atoms with E-state index in [1.165, 1.54) is 31.4 Å². The van der Waals surface area contributed by atoms with E-state index in [2.05, 4.69) is 10.1 Å². The predicted molar refractivity (Wildman–Crippen MR) is 77.2 cm³/mol. The fourth-order valence-corrected chi connectivity index (χ4v) is 2.00. The third kappa shape index (κ3) is 4.61. The molecule has 0 radical (unpaired) electrons. The van der Waals surface area contributed by atoms with Crippen LogP contribution in [0.3, 0.4) is 0 Å². The van der Waals surface area contributed by atoms with Gasteiger partial charge in [-0.2, -0.15) is 0 Å². The molecule has 0 bridgehead atoms. The quantitative estimate of drug-likeness (QED) is 0.843. The van der Waals surface area contributed by atoms with Crippen LogP contribution < -0.4 is 14.8 Å². The van der Waals surface area contributed by atoms with Crippen molar-refractivity contribution < 1.29 is 31.8 Å². The Morgan fingerprint density at radius 1 is 1.12 bits per heavy atom. The van der Waals surface area contributed by atoms with Crippen LogP contribution in [0.5, 0.6) is 11.5 Å². The molecule has 0 aromatic heterocycles. The molecule has 0 aliphatic carbocycles. The summed E-state index contributed by atoms with van der Waals surface area (Å²) in [5.74, 6) is -1.60. The lowest BCUT2D eigenvalue weighted by Gasteiger charge is -2.14. The lowest BCUT2D eigenvalue weighted by Crippen LogP contribution is -2.25. The zero-order valence-corrected chi connectivity index (χ0v) is 12.5. The van der Waals surface area contributed by atoms with E-state index in [1.54, 1.807) is 0 Å². The zero-order chi connectivity index (χ0) is 17.7. The first kappa shape index (κ1) is 17.6. The molecule has 0 saturated heterocycles. The third-order valence-electron chi connectivity index (χ3n) is 3.04. The number of methoxy groups -OCH3 is 1. The molecule has 0 atom stereocenters. The third-order valence-corrected chi connectivity index (χ3v) is 3.04. The van der Waals surface area contributed by atoms with Crippen molar-refractivity contribution in [1.82, 2.24) is 5.32 Å². The molecule has 4 nitrogen and oxygen atoms in total. The van der Waals surface area contributed by atoms with Gasteiger partial charge in [0, 0.05) is 12.1 Å². The molecule has 8 heteroatoms. The second-order valence-electron chi connectivity index (χ2n) is 4.68. The molecule has 0 aliphatic rings. The number of benzene rings is 2. The van der Waals surface area contributed by atoms with Crippen LogP contribution in [0, 0.1) is 5.82 Å². The molecule has 2 rings (SSSR count). The van der Waals surface area contributed by atoms with E-state index in [9.17, 15) is 22.4 Å². The van der Waals surface area contributed by atoms with Crippen LogP contribution in [0.25, 0.3) is 0 Å². The topological polar surface area (TPSA) is 47.6 Å². The van der Waals surface area contributed by atoms with Gasteiger partial charge in [0.2, 0.25) is 0 Å². The highest BCUT2D eigenvalue weighted by atomic mass is 19.4. The number of carbonyl (C=O) groups is 1. The van der Waals surface area contributed by atoms with E-state index < -0.39 is 23.8 Å². The largest absolute Gasteiger partial charge is 0.573 e. The van der Waals surface area contributed by atoms with Gasteiger partial charge in [-0.05, 0) is 24.3 Å². The van der Waals surface area contributed by atoms with Gasteiger partial charge in [0.15, 0.2) is 0 Å². The molecule has 2 aromatic rings. The minimum atomic E-state index is -4.84. The minimum Gasteiger partial charge on any atom is -0.496 e. The summed E-state index contributed by atoms with van der Waals surface area (Å²) in [4.78, 5) is 12.1. The van der Waals surface area contributed by atoms with Gasteiger partial charge in [0.1, 0.15) is 17.3 Å². The molecule has 2 aromatic carbocycles. The Kier molecular flexibility index (Phi) is 5.28. The molecule has 1 amide bonds. The van der Waals surface area contributed by atoms with Crippen molar-refractivity contribution in [1.29, 1.82) is 0 Å². The SMILES string of the molecule is COc1ccc(F)cc1C(=O)NCc1ccccc1OC(F)(F)F. The van der Waals surface area contributed by atoms with E-state index in [0.29, 0.717) is 0 Å². The zero-order valence-electron chi connectivity index (χ0n) is 12.5. The van der Waals surface area contributed by atoms with Crippen LogP contribution in [-0.2, 0) is 6.54 Å². The molecule has 0 spiro atoms. The smallest absolute Gasteiger partial charge is 0.496 e. The van der Waals surface area contributed by atoms with Gasteiger partial charge in [-0.3, -0.25) is 4.79 Å². The Morgan fingerprint density at radius 3 is 2.50 bits per heavy atom. The number of hydrogen-bond acceptors (Lipinski definition) is 3. The second-order valence-corrected chi connectivity index (χ2v) is 4.68. The summed E-state index contributed by atoms with van der Waals surface area (Å²) in [6, 6.07) is 8.79. The Labute approximate surface area is 135 Å². The van der Waals surface area contributed by atoms with Crippen molar-refractivity contribution in [2.45, 2.75) is 12.9 Å². The van der Waals surface area contributed by atoms with Crippen LogP contribution in [0.4, 0.5) is 17.6 Å². The normalized spacial score (nSPS) is 11.0. The second kappa shape index (κ2) is 7.20. The molecule has 0 heterocycles. The number of halogens is 4. The van der Waals surface area contributed by atoms with Gasteiger partial charge in [0.05, 0.1) is 12.7 Å². The molecular weight excluding hydrogens is 330 g/mol. The number of nitrogens with one attached hydrogen (secondary N) is 1. The fourth-order valence-electron chi connectivity index (χ4n) is 2.00. The first-order valence-electron chi connectivity index (χ1n) is 6.75. The summed E-state index contributed by atoms with van der Waals surface area (Å²) in [6.07, 6.45) is -4.84. The summed E-state index contributed by atoms with van der Waals surface area (Å²) in [6.45, 7) is -0.231. The molecule has 0 aliphatic heterocycles. The van der Waals surface area contributed by atoms with Gasteiger partial charge < -0.3 is 14.8 Å². The van der Waals surface area contributed by atoms with Crippen molar-refractivity contribution in [2.75, 3.05) is 7.11 Å². The highest BCUT2D eigenvalue weighted by Gasteiger charge is 2.32. The van der Waals surface area contributed by atoms with Crippen molar-refractivity contribution in [2.24, 2.45) is 0 Å². The minimum absolute atomic E-state index is 0.0632. The first-order chi connectivity index (χ1) is 11.3. The lowest BCUT2D eigenvalue weighted by molar-refractivity contribution is -0.274.